The molecule has 25 heavy (non-hydrogen) atoms. The monoisotopic (exact) mass is 345 g/mol. The van der Waals surface area contributed by atoms with Crippen LogP contribution in [0.1, 0.15) is 5.56 Å². The molecule has 0 fully saturated rings. The minimum Gasteiger partial charge on any atom is -0.493 e. The van der Waals surface area contributed by atoms with Gasteiger partial charge >= 0.3 is 0 Å². The van der Waals surface area contributed by atoms with Crippen molar-refractivity contribution < 1.29 is 23.4 Å². The average molecular weight is 345 g/mol. The second-order valence-corrected chi connectivity index (χ2v) is 5.73. The predicted molar refractivity (Wildman–Crippen MR) is 90.6 cm³/mol. The molecule has 0 spiro atoms. The third-order valence-electron chi connectivity index (χ3n) is 4.04. The molecule has 0 aliphatic carbocycles. The van der Waals surface area contributed by atoms with Gasteiger partial charge in [0.15, 0.2) is 23.1 Å². The Morgan fingerprint density at radius 2 is 2.04 bits per heavy atom. The van der Waals surface area contributed by atoms with Crippen molar-refractivity contribution >= 4 is 5.91 Å². The molecule has 1 heterocycles. The van der Waals surface area contributed by atoms with Crippen LogP contribution in [0.2, 0.25) is 0 Å². The summed E-state index contributed by atoms with van der Waals surface area (Å²) >= 11 is 0. The summed E-state index contributed by atoms with van der Waals surface area (Å²) in [6.45, 7) is 0.798. The summed E-state index contributed by atoms with van der Waals surface area (Å²) in [5, 5.41) is 2.80. The fraction of sp³-hybridized carbons (Fsp3) is 0.316. The maximum Gasteiger partial charge on any atom is 0.227 e. The fourth-order valence-electron chi connectivity index (χ4n) is 2.76. The van der Waals surface area contributed by atoms with Crippen molar-refractivity contribution in [2.24, 2.45) is 5.92 Å². The number of halogens is 1. The highest BCUT2D eigenvalue weighted by Crippen LogP contribution is 2.35. The van der Waals surface area contributed by atoms with E-state index in [0.29, 0.717) is 31.1 Å². The van der Waals surface area contributed by atoms with E-state index in [4.69, 9.17) is 14.2 Å². The van der Waals surface area contributed by atoms with E-state index < -0.39 is 5.82 Å². The van der Waals surface area contributed by atoms with Crippen LogP contribution in [-0.2, 0) is 11.2 Å². The van der Waals surface area contributed by atoms with Gasteiger partial charge in [0.05, 0.1) is 19.6 Å². The fourth-order valence-corrected chi connectivity index (χ4v) is 2.76. The molecule has 0 bridgehead atoms. The first-order valence-electron chi connectivity index (χ1n) is 8.12. The number of hydrogen-bond acceptors (Lipinski definition) is 4. The number of hydrogen-bond donors (Lipinski definition) is 1. The second kappa shape index (κ2) is 7.88. The van der Waals surface area contributed by atoms with E-state index in [-0.39, 0.29) is 24.2 Å². The first kappa shape index (κ1) is 17.1. The number of para-hydroxylation sites is 2. The third kappa shape index (κ3) is 4.02. The van der Waals surface area contributed by atoms with Gasteiger partial charge in [0.1, 0.15) is 13.2 Å². The van der Waals surface area contributed by atoms with E-state index in [9.17, 15) is 9.18 Å². The molecule has 1 atom stereocenters. The number of benzene rings is 2. The Kier molecular flexibility index (Phi) is 5.38. The molecule has 2 aromatic rings. The number of amides is 1. The molecule has 1 N–H and O–H groups in total. The van der Waals surface area contributed by atoms with Gasteiger partial charge in [0.25, 0.3) is 0 Å². The minimum atomic E-state index is -0.417. The lowest BCUT2D eigenvalue weighted by atomic mass is 9.95. The van der Waals surface area contributed by atoms with Crippen molar-refractivity contribution in [1.29, 1.82) is 0 Å². The van der Waals surface area contributed by atoms with Crippen LogP contribution in [0.4, 0.5) is 4.39 Å². The minimum absolute atomic E-state index is 0.106. The molecule has 5 nitrogen and oxygen atoms in total. The van der Waals surface area contributed by atoms with E-state index in [0.717, 1.165) is 5.56 Å². The highest BCUT2D eigenvalue weighted by Gasteiger charge is 2.27. The largest absolute Gasteiger partial charge is 0.493 e. The van der Waals surface area contributed by atoms with Crippen molar-refractivity contribution in [3.8, 4) is 17.2 Å². The average Bonchev–Trinajstić information content (AvgIpc) is 2.65. The van der Waals surface area contributed by atoms with Crippen LogP contribution in [0.15, 0.2) is 42.5 Å². The number of methoxy groups -OCH3 is 1. The zero-order valence-corrected chi connectivity index (χ0v) is 14.0. The highest BCUT2D eigenvalue weighted by molar-refractivity contribution is 5.79. The Labute approximate surface area is 145 Å². The standard InChI is InChI=1S/C19H20FNO4/c1-23-17-8-4-5-13-11-14(12-25-18(13)17)19(22)21-9-10-24-16-7-3-2-6-15(16)20/h2-8,14H,9-12H2,1H3,(H,21,22)/t14-/m0/s1. The molecule has 2 aromatic carbocycles. The van der Waals surface area contributed by atoms with Crippen molar-refractivity contribution in [3.63, 3.8) is 0 Å². The summed E-state index contributed by atoms with van der Waals surface area (Å²) in [6, 6.07) is 11.8. The van der Waals surface area contributed by atoms with E-state index in [1.165, 1.54) is 6.07 Å². The summed E-state index contributed by atoms with van der Waals surface area (Å²) in [5.74, 6) is 0.768. The zero-order chi connectivity index (χ0) is 17.6. The van der Waals surface area contributed by atoms with Crippen LogP contribution in [0.5, 0.6) is 17.2 Å². The van der Waals surface area contributed by atoms with E-state index in [1.807, 2.05) is 18.2 Å². The summed E-state index contributed by atoms with van der Waals surface area (Å²) in [5.41, 5.74) is 0.952. The lowest BCUT2D eigenvalue weighted by molar-refractivity contribution is -0.126. The number of ether oxygens (including phenoxy) is 3. The van der Waals surface area contributed by atoms with Gasteiger partial charge in [-0.15, -0.1) is 0 Å². The highest BCUT2D eigenvalue weighted by atomic mass is 19.1. The van der Waals surface area contributed by atoms with Crippen LogP contribution in [0, 0.1) is 11.7 Å². The van der Waals surface area contributed by atoms with Gasteiger partial charge < -0.3 is 19.5 Å². The molecule has 1 aliphatic heterocycles. The molecule has 1 amide bonds. The predicted octanol–water partition coefficient (Wildman–Crippen LogP) is 2.58. The molecule has 1 aliphatic rings. The molecule has 0 radical (unpaired) electrons. The number of nitrogens with one attached hydrogen (secondary N) is 1. The number of carbonyl (C=O) groups is 1. The van der Waals surface area contributed by atoms with Gasteiger partial charge in [0.2, 0.25) is 5.91 Å². The van der Waals surface area contributed by atoms with Gasteiger partial charge in [-0.1, -0.05) is 24.3 Å². The second-order valence-electron chi connectivity index (χ2n) is 5.73. The van der Waals surface area contributed by atoms with Gasteiger partial charge in [-0.2, -0.15) is 0 Å². The van der Waals surface area contributed by atoms with Crippen molar-refractivity contribution in [2.45, 2.75) is 6.42 Å². The molecule has 0 saturated carbocycles. The SMILES string of the molecule is COc1cccc2c1OC[C@@H](C(=O)NCCOc1ccccc1F)C2. The van der Waals surface area contributed by atoms with E-state index >= 15 is 0 Å². The van der Waals surface area contributed by atoms with Gasteiger partial charge in [-0.05, 0) is 30.2 Å². The number of fused-ring (bicyclic) bond motifs is 1. The maximum atomic E-state index is 13.4. The topological polar surface area (TPSA) is 56.8 Å². The first-order valence-corrected chi connectivity index (χ1v) is 8.12. The Morgan fingerprint density at radius 3 is 2.84 bits per heavy atom. The quantitative estimate of drug-likeness (QED) is 0.818. The number of carbonyl (C=O) groups excluding carboxylic acids is 1. The molecular formula is C19H20FNO4. The summed E-state index contributed by atoms with van der Waals surface area (Å²) in [6.07, 6.45) is 0.590. The van der Waals surface area contributed by atoms with Crippen LogP contribution in [0.3, 0.4) is 0 Å². The molecule has 0 unspecified atom stereocenters. The van der Waals surface area contributed by atoms with Crippen molar-refractivity contribution in [3.05, 3.63) is 53.8 Å². The molecule has 3 rings (SSSR count). The Bertz CT molecular complexity index is 750. The van der Waals surface area contributed by atoms with E-state index in [2.05, 4.69) is 5.32 Å². The summed E-state index contributed by atoms with van der Waals surface area (Å²) in [7, 11) is 1.59. The maximum absolute atomic E-state index is 13.4. The number of rotatable bonds is 6. The van der Waals surface area contributed by atoms with E-state index in [1.54, 1.807) is 25.3 Å². The molecule has 6 heteroatoms. The Morgan fingerprint density at radius 1 is 1.24 bits per heavy atom. The lowest BCUT2D eigenvalue weighted by Crippen LogP contribution is -2.39. The normalized spacial score (nSPS) is 15.7. The summed E-state index contributed by atoms with van der Waals surface area (Å²) in [4.78, 5) is 12.3. The van der Waals surface area contributed by atoms with Crippen LogP contribution in [-0.4, -0.2) is 32.8 Å². The van der Waals surface area contributed by atoms with Crippen LogP contribution >= 0.6 is 0 Å². The van der Waals surface area contributed by atoms with Crippen LogP contribution < -0.4 is 19.5 Å². The van der Waals surface area contributed by atoms with Gasteiger partial charge in [-0.3, -0.25) is 4.79 Å². The smallest absolute Gasteiger partial charge is 0.227 e. The summed E-state index contributed by atoms with van der Waals surface area (Å²) < 4.78 is 29.7. The lowest BCUT2D eigenvalue weighted by Gasteiger charge is -2.25. The first-order chi connectivity index (χ1) is 12.2. The Balaban J connectivity index is 1.48. The third-order valence-corrected chi connectivity index (χ3v) is 4.04. The molecular weight excluding hydrogens is 325 g/mol. The van der Waals surface area contributed by atoms with Gasteiger partial charge in [-0.25, -0.2) is 4.39 Å². The molecule has 132 valence electrons. The van der Waals surface area contributed by atoms with Gasteiger partial charge in [0, 0.05) is 0 Å². The zero-order valence-electron chi connectivity index (χ0n) is 14.0. The van der Waals surface area contributed by atoms with Crippen molar-refractivity contribution in [1.82, 2.24) is 5.32 Å². The van der Waals surface area contributed by atoms with Crippen LogP contribution in [0.25, 0.3) is 0 Å². The molecule has 0 saturated heterocycles. The Hall–Kier alpha value is -2.76. The van der Waals surface area contributed by atoms with Crippen molar-refractivity contribution in [2.75, 3.05) is 26.9 Å². The molecule has 0 aromatic heterocycles.